The van der Waals surface area contributed by atoms with Gasteiger partial charge in [0, 0.05) is 94.7 Å². The molecular formula is C96H128O24S2-4. The van der Waals surface area contributed by atoms with Gasteiger partial charge >= 0.3 is 23.9 Å². The van der Waals surface area contributed by atoms with Crippen LogP contribution in [0, 0.1) is 138 Å². The Hall–Kier alpha value is -6.46. The maximum Gasteiger partial charge on any atom is 0.303 e. The van der Waals surface area contributed by atoms with Crippen molar-refractivity contribution in [3.8, 4) is 0 Å². The van der Waals surface area contributed by atoms with Crippen LogP contribution in [0.2, 0.25) is 0 Å². The summed E-state index contributed by atoms with van der Waals surface area (Å²) in [5, 5.41) is 91.4. The van der Waals surface area contributed by atoms with Crippen LogP contribution in [-0.2, 0) is 103 Å². The van der Waals surface area contributed by atoms with Crippen LogP contribution in [0.25, 0.3) is 0 Å². The molecule has 0 spiro atoms. The fraction of sp³-hybridized carbons (Fsp3) is 0.708. The van der Waals surface area contributed by atoms with Crippen LogP contribution < -0.4 is 0 Å². The summed E-state index contributed by atoms with van der Waals surface area (Å²) in [6.45, 7) is 27.8. The van der Waals surface area contributed by atoms with Crippen molar-refractivity contribution in [2.24, 2.45) is 138 Å². The number of esters is 4. The number of rotatable bonds is 12. The third-order valence-electron chi connectivity index (χ3n) is 35.3. The van der Waals surface area contributed by atoms with Crippen molar-refractivity contribution in [2.75, 3.05) is 26.4 Å². The topological polar surface area (TPSA) is 404 Å². The van der Waals surface area contributed by atoms with Gasteiger partial charge in [-0.05, 0) is 222 Å². The number of fused-ring (bicyclic) bond motifs is 20. The second kappa shape index (κ2) is 33.6. The fourth-order valence-electron chi connectivity index (χ4n) is 30.0. The summed E-state index contributed by atoms with van der Waals surface area (Å²) in [4.78, 5) is 144. The predicted molar refractivity (Wildman–Crippen MR) is 451 cm³/mol. The Bertz CT molecular complexity index is 4010. The van der Waals surface area contributed by atoms with E-state index < -0.39 is 164 Å². The molecule has 0 amide bonds. The summed E-state index contributed by atoms with van der Waals surface area (Å²) in [6.07, 6.45) is 26.8. The second-order valence-corrected chi connectivity index (χ2v) is 41.4. The summed E-state index contributed by atoms with van der Waals surface area (Å²) in [5.41, 5.74) is -6.87. The van der Waals surface area contributed by atoms with Gasteiger partial charge < -0.3 is 86.8 Å². The summed E-state index contributed by atoms with van der Waals surface area (Å²) < 4.78 is 19.6. The first kappa shape index (κ1) is 96.2. The van der Waals surface area contributed by atoms with Crippen LogP contribution in [0.5, 0.6) is 0 Å². The average molecular weight is 1730 g/mol. The second-order valence-electron chi connectivity index (χ2n) is 41.4. The highest BCUT2D eigenvalue weighted by Gasteiger charge is 2.74. The lowest BCUT2D eigenvalue weighted by Gasteiger charge is -2.60. The van der Waals surface area contributed by atoms with Gasteiger partial charge in [-0.1, -0.05) is 130 Å². The molecule has 16 aliphatic rings. The molecule has 0 aromatic heterocycles. The molecule has 12 fully saturated rings. The average Bonchev–Trinajstić information content (AvgIpc) is 1.39. The lowest BCUT2D eigenvalue weighted by atomic mass is 9.45. The fourth-order valence-corrected chi connectivity index (χ4v) is 30.0. The van der Waals surface area contributed by atoms with E-state index in [0.717, 1.165) is 48.0 Å². The van der Waals surface area contributed by atoms with Gasteiger partial charge in [-0.25, -0.2) is 0 Å². The number of allylic oxidation sites excluding steroid dienone is 16. The van der Waals surface area contributed by atoms with Gasteiger partial charge in [-0.3, -0.25) is 57.5 Å². The molecule has 26 heteroatoms. The normalized spacial score (nSPS) is 46.3. The van der Waals surface area contributed by atoms with E-state index in [9.17, 15) is 98.4 Å². The standard InChI is InChI=1S/4C24H32O6.2S/c4*1-13-9-16-17-6-8-24(29,20(28)12-30-14(2)25)23(17,4)11-19(27)21(16)22(3)7-5-15(26)10-18(13)22;;/h4*5,7,10,13,16-17,19,21,27,29H,6,8-9,11-12H2,1-4H3;;/q;;;;2*-2/t4*13-,16-,17-,19-,21+,22-,23-,24-;;/m0000../s1. The molecule has 16 aliphatic carbocycles. The molecule has 0 aromatic rings. The molecule has 8 N–H and O–H groups in total. The minimum atomic E-state index is -1.61. The van der Waals surface area contributed by atoms with Crippen LogP contribution in [0.1, 0.15) is 214 Å². The highest BCUT2D eigenvalue weighted by atomic mass is 32.1. The van der Waals surface area contributed by atoms with Crippen LogP contribution >= 0.6 is 0 Å². The third kappa shape index (κ3) is 15.0. The predicted octanol–water partition coefficient (Wildman–Crippen LogP) is 9.49. The summed E-state index contributed by atoms with van der Waals surface area (Å²) in [5.74, 6) is -2.85. The molecule has 0 aliphatic heterocycles. The van der Waals surface area contributed by atoms with Crippen molar-refractivity contribution in [3.05, 3.63) is 95.2 Å². The Morgan fingerprint density at radius 2 is 0.500 bits per heavy atom. The Morgan fingerprint density at radius 3 is 0.664 bits per heavy atom. The van der Waals surface area contributed by atoms with Gasteiger partial charge in [-0.15, -0.1) is 0 Å². The van der Waals surface area contributed by atoms with E-state index in [4.69, 9.17) is 18.9 Å². The molecule has 12 saturated carbocycles. The lowest BCUT2D eigenvalue weighted by Crippen LogP contribution is -2.62. The largest absolute Gasteiger partial charge is 2.00 e. The van der Waals surface area contributed by atoms with Crippen molar-refractivity contribution in [1.82, 2.24) is 0 Å². The molecule has 0 unspecified atom stereocenters. The summed E-state index contributed by atoms with van der Waals surface area (Å²) >= 11 is 0. The van der Waals surface area contributed by atoms with Crippen molar-refractivity contribution in [3.63, 3.8) is 0 Å². The number of aliphatic hydroxyl groups excluding tert-OH is 4. The third-order valence-corrected chi connectivity index (χ3v) is 35.3. The number of carbonyl (C=O) groups excluding carboxylic acids is 12. The van der Waals surface area contributed by atoms with Gasteiger partial charge in [0.15, 0.2) is 49.6 Å². The Balaban J connectivity index is 0.000000158. The van der Waals surface area contributed by atoms with Crippen LogP contribution in [0.4, 0.5) is 0 Å². The van der Waals surface area contributed by atoms with Crippen molar-refractivity contribution in [1.29, 1.82) is 0 Å². The highest BCUT2D eigenvalue weighted by Crippen LogP contribution is 2.73. The van der Waals surface area contributed by atoms with Gasteiger partial charge in [0.05, 0.1) is 24.4 Å². The zero-order valence-corrected chi connectivity index (χ0v) is 75.2. The molecule has 24 nitrogen and oxygen atoms in total. The molecule has 0 radical (unpaired) electrons. The van der Waals surface area contributed by atoms with E-state index >= 15 is 0 Å². The number of hydrogen-bond acceptors (Lipinski definition) is 24. The molecule has 0 bridgehead atoms. The quantitative estimate of drug-likeness (QED) is 0.0665. The van der Waals surface area contributed by atoms with Gasteiger partial charge in [0.1, 0.15) is 22.4 Å². The van der Waals surface area contributed by atoms with Gasteiger partial charge in [-0.2, -0.15) is 0 Å². The van der Waals surface area contributed by atoms with E-state index in [1.165, 1.54) is 27.7 Å². The zero-order valence-electron chi connectivity index (χ0n) is 73.5. The van der Waals surface area contributed by atoms with Crippen molar-refractivity contribution >= 4 is 97.1 Å². The molecule has 0 saturated heterocycles. The smallest absolute Gasteiger partial charge is 0.303 e. The minimum Gasteiger partial charge on any atom is -2.00 e. The molecule has 672 valence electrons. The number of carbonyl (C=O) groups is 12. The molecular weight excluding hydrogens is 1600 g/mol. The number of Topliss-reactive ketones (excluding diaryl/α,β-unsaturated/α-hetero) is 4. The first-order valence-corrected chi connectivity index (χ1v) is 43.8. The van der Waals surface area contributed by atoms with Crippen molar-refractivity contribution in [2.45, 2.75) is 260 Å². The van der Waals surface area contributed by atoms with Crippen LogP contribution in [-0.4, -0.2) is 184 Å². The van der Waals surface area contributed by atoms with Gasteiger partial charge in [0.25, 0.3) is 0 Å². The van der Waals surface area contributed by atoms with E-state index in [-0.39, 0.29) is 145 Å². The summed E-state index contributed by atoms with van der Waals surface area (Å²) in [6, 6.07) is 0. The Kier molecular flexibility index (Phi) is 26.5. The molecule has 0 heterocycles. The number of ether oxygens (including phenoxy) is 4. The highest BCUT2D eigenvalue weighted by molar-refractivity contribution is 7.37. The number of aliphatic hydroxyl groups is 8. The van der Waals surface area contributed by atoms with Crippen LogP contribution in [0.15, 0.2) is 95.2 Å². The number of ketones is 8. The Labute approximate surface area is 730 Å². The molecule has 32 atom stereocenters. The van der Waals surface area contributed by atoms with Crippen LogP contribution in [0.3, 0.4) is 0 Å². The first-order chi connectivity index (χ1) is 55.7. The monoisotopic (exact) mass is 1730 g/mol. The van der Waals surface area contributed by atoms with E-state index in [2.05, 4.69) is 55.4 Å². The Morgan fingerprint density at radius 1 is 0.328 bits per heavy atom. The first-order valence-electron chi connectivity index (χ1n) is 43.8. The molecule has 0 aromatic carbocycles. The SMILES string of the molecule is CC(=O)OCC(=O)[C@@]1(O)CC[C@H]2[C@@H]3C[C@H](C)C4=CC(=O)C=C[C@]4(C)[C@H]3[C@@H](O)C[C@@]21C.CC(=O)OCC(=O)[C@@]1(O)CC[C@H]2[C@@H]3C[C@H](C)C4=CC(=O)C=C[C@]4(C)[C@H]3[C@@H](O)C[C@@]21C.CC(=O)OCC(=O)[C@@]1(O)CC[C@H]2[C@@H]3C[C@H](C)C4=CC(=O)C=C[C@]4(C)[C@H]3[C@@H](O)C[C@@]21C.CC(=O)OCC(=O)[C@@]1(O)CC[C@H]2[C@@H]3C[C@H](C)C4=CC(=O)C=C[C@]4(C)[C@H]3[C@@H](O)C[C@@]21C.[S-2].[S-2]. The minimum absolute atomic E-state index is 0. The van der Waals surface area contributed by atoms with Gasteiger partial charge in [0.2, 0.25) is 23.1 Å². The zero-order chi connectivity index (χ0) is 88.2. The lowest BCUT2D eigenvalue weighted by molar-refractivity contribution is -0.182. The summed E-state index contributed by atoms with van der Waals surface area (Å²) in [7, 11) is 0. The maximum atomic E-state index is 12.9. The van der Waals surface area contributed by atoms with Crippen molar-refractivity contribution < 1.29 is 117 Å². The van der Waals surface area contributed by atoms with E-state index in [1.807, 2.05) is 52.0 Å². The number of hydrogen-bond donors (Lipinski definition) is 8. The molecule has 122 heavy (non-hydrogen) atoms. The molecule has 16 rings (SSSR count). The van der Waals surface area contributed by atoms with E-state index in [1.54, 1.807) is 48.6 Å². The van der Waals surface area contributed by atoms with E-state index in [0.29, 0.717) is 77.0 Å². The maximum absolute atomic E-state index is 12.9.